The van der Waals surface area contributed by atoms with Crippen LogP contribution in [-0.2, 0) is 38.4 Å². The van der Waals surface area contributed by atoms with Crippen LogP contribution in [-0.4, -0.2) is 138 Å². The second kappa shape index (κ2) is 30.8. The zero-order valence-electron chi connectivity index (χ0n) is 56.8. The highest BCUT2D eigenvalue weighted by atomic mass is 16.6. The molecule has 0 unspecified atom stereocenters. The van der Waals surface area contributed by atoms with Gasteiger partial charge in [0.2, 0.25) is 23.1 Å². The van der Waals surface area contributed by atoms with Crippen LogP contribution in [0, 0.1) is 0 Å². The summed E-state index contributed by atoms with van der Waals surface area (Å²) in [6, 6.07) is 24.8. The van der Waals surface area contributed by atoms with E-state index in [-0.39, 0.29) is 157 Å². The summed E-state index contributed by atoms with van der Waals surface area (Å²) in [7, 11) is 0. The minimum Gasteiger partial charge on any atom is -0.478 e. The Morgan fingerprint density at radius 2 is 0.352 bits per heavy atom. The van der Waals surface area contributed by atoms with Crippen molar-refractivity contribution in [2.45, 2.75) is 55.4 Å². The molecule has 544 valence electrons. The molecule has 0 heterocycles. The fraction of sp³-hybridized carbons (Fsp3) is 0.105. The predicted molar refractivity (Wildman–Crippen MR) is 357 cm³/mol. The summed E-state index contributed by atoms with van der Waals surface area (Å²) >= 11 is 0. The maximum absolute atomic E-state index is 13.1. The molecule has 4 aliphatic rings. The number of fused-ring (bicyclic) bond motifs is 8. The molecule has 4 aliphatic carbocycles. The molecule has 108 heavy (non-hydrogen) atoms. The summed E-state index contributed by atoms with van der Waals surface area (Å²) in [5, 5.41) is 37.0. The number of benzene rings is 8. The number of aromatic carboxylic acids is 4. The van der Waals surface area contributed by atoms with Gasteiger partial charge >= 0.3 is 71.6 Å². The first kappa shape index (κ1) is 76.9. The Balaban J connectivity index is 0.000000166. The maximum Gasteiger partial charge on any atom is 0.335 e. The first-order valence-electron chi connectivity index (χ1n) is 30.8. The lowest BCUT2D eigenvalue weighted by Crippen LogP contribution is -2.24. The molecular weight excluding hydrogens is 1420 g/mol. The van der Waals surface area contributed by atoms with Crippen LogP contribution in [0.4, 0.5) is 0 Å². The molecular formula is C76H48O32. The van der Waals surface area contributed by atoms with Gasteiger partial charge in [-0.15, -0.1) is 0 Å². The van der Waals surface area contributed by atoms with Gasteiger partial charge in [-0.25, -0.2) is 19.2 Å². The van der Waals surface area contributed by atoms with E-state index in [9.17, 15) is 116 Å². The van der Waals surface area contributed by atoms with E-state index in [0.29, 0.717) is 0 Å². The molecule has 0 fully saturated rings. The number of esters is 8. The summed E-state index contributed by atoms with van der Waals surface area (Å²) in [6.45, 7) is 8.89. The SMILES string of the molecule is CC(=O)Oc1cccc2c1C(=O)c1c(OC(C)=O)cc(C(=O)O)cc1C2=O.CC(=O)Oc1cccc2c1C(=O)c1c(OC(C)=O)cc(C(=O)O)cc1C2=O.CC(=O)Oc1cccc2c1C(=O)c1c(OC(C)=O)cc(C(=O)O)cc1C2=O.CC(=O)Oc1cccc2c1C(=O)c1c(OC(C)=O)cc(C(=O)O)cc1C2=O. The van der Waals surface area contributed by atoms with E-state index in [0.717, 1.165) is 104 Å². The molecule has 32 nitrogen and oxygen atoms in total. The van der Waals surface area contributed by atoms with Crippen LogP contribution in [0.25, 0.3) is 0 Å². The summed E-state index contributed by atoms with van der Waals surface area (Å²) in [5.41, 5.74) is -3.87. The van der Waals surface area contributed by atoms with Crippen molar-refractivity contribution in [1.82, 2.24) is 0 Å². The van der Waals surface area contributed by atoms with Crippen molar-refractivity contribution in [3.8, 4) is 46.0 Å². The van der Waals surface area contributed by atoms with Crippen LogP contribution in [0.2, 0.25) is 0 Å². The minimum absolute atomic E-state index is 0.0393. The number of ketones is 8. The molecule has 0 saturated heterocycles. The van der Waals surface area contributed by atoms with Crippen LogP contribution in [0.15, 0.2) is 121 Å². The van der Waals surface area contributed by atoms with E-state index in [4.69, 9.17) is 37.9 Å². The zero-order valence-corrected chi connectivity index (χ0v) is 56.8. The molecule has 0 radical (unpaired) electrons. The highest BCUT2D eigenvalue weighted by molar-refractivity contribution is 6.34. The normalized spacial score (nSPS) is 12.1. The van der Waals surface area contributed by atoms with Gasteiger partial charge in [-0.2, -0.15) is 0 Å². The average Bonchev–Trinajstić information content (AvgIpc) is 0.759. The van der Waals surface area contributed by atoms with Crippen LogP contribution < -0.4 is 37.9 Å². The Labute approximate surface area is 603 Å². The topological polar surface area (TPSA) is 496 Å². The largest absolute Gasteiger partial charge is 0.478 e. The molecule has 8 aromatic rings. The van der Waals surface area contributed by atoms with E-state index in [2.05, 4.69) is 0 Å². The number of ether oxygens (including phenoxy) is 8. The van der Waals surface area contributed by atoms with Gasteiger partial charge in [-0.3, -0.25) is 76.7 Å². The van der Waals surface area contributed by atoms with E-state index >= 15 is 0 Å². The van der Waals surface area contributed by atoms with E-state index in [1.165, 1.54) is 72.8 Å². The lowest BCUT2D eigenvalue weighted by Gasteiger charge is -2.21. The van der Waals surface area contributed by atoms with Crippen molar-refractivity contribution in [2.24, 2.45) is 0 Å². The highest BCUT2D eigenvalue weighted by Crippen LogP contribution is 2.43. The van der Waals surface area contributed by atoms with E-state index < -0.39 is 118 Å². The standard InChI is InChI=1S/4C19H12O8/c4*1-8(20)26-13-5-3-4-11-15(13)18(23)16-12(17(11)22)6-10(19(24)25)7-14(16)27-9(2)21/h4*3-7H,1-2H3,(H,24,25). The van der Waals surface area contributed by atoms with Gasteiger partial charge in [0, 0.05) is 99.9 Å². The Hall–Kier alpha value is -15.2. The Morgan fingerprint density at radius 1 is 0.204 bits per heavy atom. The molecule has 0 aliphatic heterocycles. The smallest absolute Gasteiger partial charge is 0.335 e. The lowest BCUT2D eigenvalue weighted by molar-refractivity contribution is -0.132. The van der Waals surface area contributed by atoms with Crippen LogP contribution in [0.3, 0.4) is 0 Å². The summed E-state index contributed by atoms with van der Waals surface area (Å²) < 4.78 is 40.0. The Bertz CT molecular complexity index is 4870. The van der Waals surface area contributed by atoms with Gasteiger partial charge in [0.15, 0.2) is 23.1 Å². The second-order valence-corrected chi connectivity index (χ2v) is 22.9. The third-order valence-corrected chi connectivity index (χ3v) is 15.3. The third kappa shape index (κ3) is 15.6. The molecule has 0 aromatic heterocycles. The predicted octanol–water partition coefficient (Wildman–Crippen LogP) is 8.04. The monoisotopic (exact) mass is 1470 g/mol. The van der Waals surface area contributed by atoms with Gasteiger partial charge in [0.25, 0.3) is 0 Å². The fourth-order valence-corrected chi connectivity index (χ4v) is 11.4. The van der Waals surface area contributed by atoms with Gasteiger partial charge in [-0.05, 0) is 72.8 Å². The number of carboxylic acid groups (broad SMARTS) is 4. The van der Waals surface area contributed by atoms with Crippen LogP contribution >= 0.6 is 0 Å². The van der Waals surface area contributed by atoms with Crippen molar-refractivity contribution in [3.05, 3.63) is 233 Å². The Morgan fingerprint density at radius 3 is 0.500 bits per heavy atom. The summed E-state index contributed by atoms with van der Waals surface area (Å²) in [6.07, 6.45) is 0. The van der Waals surface area contributed by atoms with Crippen LogP contribution in [0.1, 0.15) is 224 Å². The molecule has 0 bridgehead atoms. The summed E-state index contributed by atoms with van der Waals surface area (Å²) in [5.74, 6) is -18.6. The first-order chi connectivity index (χ1) is 50.8. The quantitative estimate of drug-likeness (QED) is 0.0663. The number of rotatable bonds is 12. The molecule has 8 aromatic carbocycles. The molecule has 0 saturated carbocycles. The number of hydrogen-bond donors (Lipinski definition) is 4. The zero-order chi connectivity index (χ0) is 79.5. The van der Waals surface area contributed by atoms with Gasteiger partial charge in [0.1, 0.15) is 46.0 Å². The van der Waals surface area contributed by atoms with Crippen LogP contribution in [0.5, 0.6) is 46.0 Å². The van der Waals surface area contributed by atoms with E-state index in [1.807, 2.05) is 0 Å². The highest BCUT2D eigenvalue weighted by Gasteiger charge is 2.42. The molecule has 0 spiro atoms. The van der Waals surface area contributed by atoms with Crippen molar-refractivity contribution < 1.29 is 154 Å². The van der Waals surface area contributed by atoms with E-state index in [1.54, 1.807) is 0 Å². The van der Waals surface area contributed by atoms with Gasteiger partial charge < -0.3 is 58.3 Å². The van der Waals surface area contributed by atoms with Crippen molar-refractivity contribution in [2.75, 3.05) is 0 Å². The average molecular weight is 1470 g/mol. The fourth-order valence-electron chi connectivity index (χ4n) is 11.4. The first-order valence-corrected chi connectivity index (χ1v) is 30.8. The maximum atomic E-state index is 13.1. The number of carboxylic acids is 4. The Kier molecular flexibility index (Phi) is 21.9. The third-order valence-electron chi connectivity index (χ3n) is 15.3. The number of carbonyl (C=O) groups excluding carboxylic acids is 16. The van der Waals surface area contributed by atoms with Crippen molar-refractivity contribution in [3.63, 3.8) is 0 Å². The molecule has 0 atom stereocenters. The lowest BCUT2D eigenvalue weighted by atomic mass is 9.82. The molecule has 32 heteroatoms. The number of carbonyl (C=O) groups is 20. The minimum atomic E-state index is -1.36. The molecule has 0 amide bonds. The van der Waals surface area contributed by atoms with Crippen molar-refractivity contribution in [1.29, 1.82) is 0 Å². The second-order valence-electron chi connectivity index (χ2n) is 22.9. The number of hydrogen-bond acceptors (Lipinski definition) is 28. The van der Waals surface area contributed by atoms with Gasteiger partial charge in [-0.1, -0.05) is 48.5 Å². The summed E-state index contributed by atoms with van der Waals surface area (Å²) in [4.78, 5) is 240. The van der Waals surface area contributed by atoms with Gasteiger partial charge in [0.05, 0.1) is 66.8 Å². The molecule has 4 N–H and O–H groups in total. The molecule has 12 rings (SSSR count). The van der Waals surface area contributed by atoms with Crippen molar-refractivity contribution >= 4 is 118 Å².